The van der Waals surface area contributed by atoms with E-state index in [1.807, 2.05) is 13.8 Å². The van der Waals surface area contributed by atoms with E-state index in [0.717, 1.165) is 0 Å². The average molecular weight is 360 g/mol. The Balaban J connectivity index is 2.08. The third-order valence-corrected chi connectivity index (χ3v) is 3.44. The van der Waals surface area contributed by atoms with E-state index in [1.54, 1.807) is 43.5 Å². The second-order valence-corrected chi connectivity index (χ2v) is 5.18. The zero-order valence-corrected chi connectivity index (χ0v) is 15.4. The van der Waals surface area contributed by atoms with Gasteiger partial charge in [-0.1, -0.05) is 0 Å². The number of anilines is 2. The number of amides is 2. The molecular formula is C19H24N2O5. The smallest absolute Gasteiger partial charge is 0.323 e. The van der Waals surface area contributed by atoms with E-state index in [4.69, 9.17) is 18.9 Å². The molecular weight excluding hydrogens is 336 g/mol. The highest BCUT2D eigenvalue weighted by Crippen LogP contribution is 2.31. The molecule has 0 aromatic heterocycles. The van der Waals surface area contributed by atoms with Gasteiger partial charge >= 0.3 is 6.03 Å². The summed E-state index contributed by atoms with van der Waals surface area (Å²) in [6, 6.07) is 9.99. The summed E-state index contributed by atoms with van der Waals surface area (Å²) in [4.78, 5) is 12.2. The summed E-state index contributed by atoms with van der Waals surface area (Å²) in [7, 11) is 3.09. The molecule has 2 rings (SSSR count). The number of rotatable bonds is 8. The molecule has 2 aromatic rings. The number of ether oxygens (including phenoxy) is 4. The van der Waals surface area contributed by atoms with Crippen LogP contribution in [-0.2, 0) is 0 Å². The predicted molar refractivity (Wildman–Crippen MR) is 101 cm³/mol. The SMILES string of the molecule is CCOc1ccc(NC(=O)Nc2ccc(OC)c(OC)c2)cc1OCC. The van der Waals surface area contributed by atoms with Gasteiger partial charge in [-0.25, -0.2) is 4.79 Å². The van der Waals surface area contributed by atoms with Crippen LogP contribution in [0.25, 0.3) is 0 Å². The van der Waals surface area contributed by atoms with Crippen molar-refractivity contribution in [2.45, 2.75) is 13.8 Å². The van der Waals surface area contributed by atoms with Crippen molar-refractivity contribution in [1.29, 1.82) is 0 Å². The van der Waals surface area contributed by atoms with Crippen molar-refractivity contribution in [2.75, 3.05) is 38.1 Å². The third kappa shape index (κ3) is 4.95. The van der Waals surface area contributed by atoms with Crippen LogP contribution in [0.2, 0.25) is 0 Å². The molecule has 0 bridgehead atoms. The monoisotopic (exact) mass is 360 g/mol. The van der Waals surface area contributed by atoms with E-state index < -0.39 is 0 Å². The summed E-state index contributed by atoms with van der Waals surface area (Å²) in [5.74, 6) is 2.34. The maximum absolute atomic E-state index is 12.2. The Hall–Kier alpha value is -3.09. The molecule has 2 N–H and O–H groups in total. The topological polar surface area (TPSA) is 78.1 Å². The van der Waals surface area contributed by atoms with Crippen molar-refractivity contribution in [2.24, 2.45) is 0 Å². The van der Waals surface area contributed by atoms with Crippen LogP contribution in [-0.4, -0.2) is 33.5 Å². The van der Waals surface area contributed by atoms with Crippen LogP contribution in [0, 0.1) is 0 Å². The quantitative estimate of drug-likeness (QED) is 0.739. The van der Waals surface area contributed by atoms with E-state index in [-0.39, 0.29) is 6.03 Å². The molecule has 7 heteroatoms. The third-order valence-electron chi connectivity index (χ3n) is 3.44. The molecule has 0 aliphatic heterocycles. The van der Waals surface area contributed by atoms with Gasteiger partial charge in [0.15, 0.2) is 23.0 Å². The lowest BCUT2D eigenvalue weighted by molar-refractivity contribution is 0.262. The van der Waals surface area contributed by atoms with E-state index >= 15 is 0 Å². The van der Waals surface area contributed by atoms with Crippen LogP contribution in [0.5, 0.6) is 23.0 Å². The largest absolute Gasteiger partial charge is 0.493 e. The lowest BCUT2D eigenvalue weighted by Crippen LogP contribution is -2.19. The summed E-state index contributed by atoms with van der Waals surface area (Å²) in [6.07, 6.45) is 0. The molecule has 0 saturated carbocycles. The lowest BCUT2D eigenvalue weighted by atomic mass is 10.2. The summed E-state index contributed by atoms with van der Waals surface area (Å²) in [6.45, 7) is 4.83. The first-order chi connectivity index (χ1) is 12.6. The minimum atomic E-state index is -0.385. The molecule has 2 amide bonds. The lowest BCUT2D eigenvalue weighted by Gasteiger charge is -2.14. The first kappa shape index (κ1) is 19.2. The van der Waals surface area contributed by atoms with Gasteiger partial charge in [-0.15, -0.1) is 0 Å². The fraction of sp³-hybridized carbons (Fsp3) is 0.316. The van der Waals surface area contributed by atoms with Gasteiger partial charge in [-0.3, -0.25) is 0 Å². The van der Waals surface area contributed by atoms with Gasteiger partial charge in [-0.05, 0) is 38.1 Å². The van der Waals surface area contributed by atoms with Crippen molar-refractivity contribution in [3.63, 3.8) is 0 Å². The molecule has 2 aromatic carbocycles. The Morgan fingerprint density at radius 1 is 0.769 bits per heavy atom. The van der Waals surface area contributed by atoms with Crippen LogP contribution < -0.4 is 29.6 Å². The molecule has 7 nitrogen and oxygen atoms in total. The van der Waals surface area contributed by atoms with Gasteiger partial charge in [0, 0.05) is 23.5 Å². The van der Waals surface area contributed by atoms with Gasteiger partial charge in [0.05, 0.1) is 27.4 Å². The molecule has 0 unspecified atom stereocenters. The maximum atomic E-state index is 12.2. The van der Waals surface area contributed by atoms with E-state index in [0.29, 0.717) is 47.6 Å². The standard InChI is InChI=1S/C19H24N2O5/c1-5-25-16-10-8-14(12-18(16)26-6-2)21-19(22)20-13-7-9-15(23-3)17(11-13)24-4/h7-12H,5-6H2,1-4H3,(H2,20,21,22). The highest BCUT2D eigenvalue weighted by molar-refractivity contribution is 6.00. The van der Waals surface area contributed by atoms with Gasteiger partial charge in [0.1, 0.15) is 0 Å². The Morgan fingerprint density at radius 2 is 1.27 bits per heavy atom. The predicted octanol–water partition coefficient (Wildman–Crippen LogP) is 4.15. The number of urea groups is 1. The molecule has 0 atom stereocenters. The number of nitrogens with one attached hydrogen (secondary N) is 2. The molecule has 0 fully saturated rings. The molecule has 0 heterocycles. The van der Waals surface area contributed by atoms with E-state index in [1.165, 1.54) is 7.11 Å². The highest BCUT2D eigenvalue weighted by Gasteiger charge is 2.10. The summed E-state index contributed by atoms with van der Waals surface area (Å²) >= 11 is 0. The van der Waals surface area contributed by atoms with Crippen molar-refractivity contribution < 1.29 is 23.7 Å². The fourth-order valence-corrected chi connectivity index (χ4v) is 2.34. The number of methoxy groups -OCH3 is 2. The number of benzene rings is 2. The van der Waals surface area contributed by atoms with Crippen LogP contribution in [0.3, 0.4) is 0 Å². The summed E-state index contributed by atoms with van der Waals surface area (Å²) in [5, 5.41) is 5.52. The molecule has 0 saturated heterocycles. The molecule has 0 radical (unpaired) electrons. The molecule has 0 spiro atoms. The Kier molecular flexibility index (Phi) is 6.96. The number of carbonyl (C=O) groups is 1. The number of hydrogen-bond donors (Lipinski definition) is 2. The van der Waals surface area contributed by atoms with Crippen molar-refractivity contribution in [1.82, 2.24) is 0 Å². The van der Waals surface area contributed by atoms with Crippen LogP contribution in [0.4, 0.5) is 16.2 Å². The molecule has 140 valence electrons. The normalized spacial score (nSPS) is 10.0. The molecule has 0 aliphatic carbocycles. The van der Waals surface area contributed by atoms with Crippen molar-refractivity contribution in [3.05, 3.63) is 36.4 Å². The minimum absolute atomic E-state index is 0.385. The fourth-order valence-electron chi connectivity index (χ4n) is 2.34. The van der Waals surface area contributed by atoms with Crippen LogP contribution >= 0.6 is 0 Å². The van der Waals surface area contributed by atoms with Gasteiger partial charge in [0.25, 0.3) is 0 Å². The Labute approximate surface area is 153 Å². The van der Waals surface area contributed by atoms with Gasteiger partial charge < -0.3 is 29.6 Å². The zero-order chi connectivity index (χ0) is 18.9. The zero-order valence-electron chi connectivity index (χ0n) is 15.4. The molecule has 26 heavy (non-hydrogen) atoms. The highest BCUT2D eigenvalue weighted by atomic mass is 16.5. The van der Waals surface area contributed by atoms with Gasteiger partial charge in [0.2, 0.25) is 0 Å². The minimum Gasteiger partial charge on any atom is -0.493 e. The Bertz CT molecular complexity index is 749. The van der Waals surface area contributed by atoms with E-state index in [9.17, 15) is 4.79 Å². The number of carbonyl (C=O) groups excluding carboxylic acids is 1. The summed E-state index contributed by atoms with van der Waals surface area (Å²) in [5.41, 5.74) is 1.17. The van der Waals surface area contributed by atoms with Crippen LogP contribution in [0.1, 0.15) is 13.8 Å². The second-order valence-electron chi connectivity index (χ2n) is 5.18. The van der Waals surface area contributed by atoms with Crippen LogP contribution in [0.15, 0.2) is 36.4 Å². The van der Waals surface area contributed by atoms with Crippen molar-refractivity contribution >= 4 is 17.4 Å². The number of hydrogen-bond acceptors (Lipinski definition) is 5. The van der Waals surface area contributed by atoms with Crippen molar-refractivity contribution in [3.8, 4) is 23.0 Å². The average Bonchev–Trinajstić information content (AvgIpc) is 2.64. The first-order valence-electron chi connectivity index (χ1n) is 8.30. The van der Waals surface area contributed by atoms with Gasteiger partial charge in [-0.2, -0.15) is 0 Å². The first-order valence-corrected chi connectivity index (χ1v) is 8.30. The summed E-state index contributed by atoms with van der Waals surface area (Å²) < 4.78 is 21.5. The second kappa shape index (κ2) is 9.41. The van der Waals surface area contributed by atoms with E-state index in [2.05, 4.69) is 10.6 Å². The molecule has 0 aliphatic rings. The Morgan fingerprint density at radius 3 is 1.81 bits per heavy atom. The maximum Gasteiger partial charge on any atom is 0.323 e.